The van der Waals surface area contributed by atoms with Gasteiger partial charge in [0, 0.05) is 0 Å². The summed E-state index contributed by atoms with van der Waals surface area (Å²) in [5.41, 5.74) is -0.418. The van der Waals surface area contributed by atoms with E-state index in [1.54, 1.807) is 0 Å². The molecule has 0 amide bonds. The van der Waals surface area contributed by atoms with Crippen LogP contribution in [0.3, 0.4) is 0 Å². The molecule has 0 aliphatic rings. The molecule has 2 aromatic rings. The van der Waals surface area contributed by atoms with Crippen LogP contribution in [0, 0.1) is 0 Å². The maximum atomic E-state index is 12.2. The lowest BCUT2D eigenvalue weighted by molar-refractivity contribution is 0.146. The molecule has 0 aliphatic heterocycles. The van der Waals surface area contributed by atoms with Crippen molar-refractivity contribution in [2.75, 3.05) is 0 Å². The van der Waals surface area contributed by atoms with Crippen LogP contribution < -0.4 is 0 Å². The Morgan fingerprint density at radius 2 is 2.54 bits per heavy atom. The average molecular weight is 207 g/mol. The Morgan fingerprint density at radius 3 is 3.08 bits per heavy atom. The molecule has 7 heteroatoms. The maximum Gasteiger partial charge on any atom is 0.282 e. The molecule has 0 fully saturated rings. The van der Waals surface area contributed by atoms with E-state index in [1.165, 1.54) is 0 Å². The highest BCUT2D eigenvalue weighted by Gasteiger charge is 2.14. The van der Waals surface area contributed by atoms with E-state index in [2.05, 4.69) is 10.1 Å². The molecule has 1 N–H and O–H groups in total. The first-order valence-electron chi connectivity index (χ1n) is 4.25. The smallest absolute Gasteiger partial charge is 0.282 e. The van der Waals surface area contributed by atoms with Crippen molar-refractivity contribution in [1.82, 2.24) is 14.6 Å². The summed E-state index contributed by atoms with van der Waals surface area (Å²) in [5, 5.41) is 12.4. The third-order valence-electron chi connectivity index (χ3n) is 1.38. The quantitative estimate of drug-likeness (QED) is 0.805. The van der Waals surface area contributed by atoms with Crippen LogP contribution in [0.15, 0.2) is 6.20 Å². The Hall–Kier alpha value is -1.08. The number of aliphatic hydroxyl groups is 1. The maximum absolute atomic E-state index is 12.2. The Bertz CT molecular complexity index is 460. The zero-order valence-electron chi connectivity index (χ0n) is 8.11. The lowest BCUT2D eigenvalue weighted by Crippen LogP contribution is -1.86. The topological polar surface area (TPSA) is 50.4 Å². The molecule has 70 valence electrons. The van der Waals surface area contributed by atoms with Crippen LogP contribution in [0.4, 0.5) is 8.78 Å². The number of fused-ring (bicyclic) bond motifs is 1. The summed E-state index contributed by atoms with van der Waals surface area (Å²) in [6.07, 6.45) is -1.68. The first-order valence-corrected chi connectivity index (χ1v) is 4.06. The van der Waals surface area contributed by atoms with E-state index >= 15 is 0 Å². The first-order chi connectivity index (χ1) is 6.88. The van der Waals surface area contributed by atoms with E-state index in [0.29, 0.717) is 0 Å². The van der Waals surface area contributed by atoms with E-state index < -0.39 is 18.7 Å². The Balaban J connectivity index is 2.47. The number of imidazole rings is 1. The van der Waals surface area contributed by atoms with Crippen molar-refractivity contribution in [2.24, 2.45) is 0 Å². The van der Waals surface area contributed by atoms with Crippen molar-refractivity contribution in [3.05, 3.63) is 16.9 Å². The number of aromatic nitrogens is 3. The summed E-state index contributed by atoms with van der Waals surface area (Å²) in [6.45, 7) is -2.57. The van der Waals surface area contributed by atoms with E-state index in [9.17, 15) is 8.78 Å². The molecule has 0 spiro atoms. The Labute approximate surface area is 78.3 Å². The van der Waals surface area contributed by atoms with Gasteiger partial charge in [0.1, 0.15) is 10.7 Å². The third-order valence-corrected chi connectivity index (χ3v) is 2.21. The highest BCUT2D eigenvalue weighted by atomic mass is 32.1. The second-order valence-corrected chi connectivity index (χ2v) is 3.17. The van der Waals surface area contributed by atoms with Gasteiger partial charge < -0.3 is 5.11 Å². The fourth-order valence-corrected chi connectivity index (χ4v) is 1.55. The number of halogens is 2. The van der Waals surface area contributed by atoms with E-state index in [0.717, 1.165) is 22.0 Å². The molecule has 0 unspecified atom stereocenters. The predicted molar refractivity (Wildman–Crippen MR) is 41.7 cm³/mol. The minimum Gasteiger partial charge on any atom is -0.389 e. The monoisotopic (exact) mass is 207 g/mol. The van der Waals surface area contributed by atoms with E-state index in [4.69, 9.17) is 7.85 Å². The van der Waals surface area contributed by atoms with Crippen LogP contribution in [0.1, 0.15) is 19.9 Å². The van der Waals surface area contributed by atoms with E-state index in [1.807, 2.05) is 0 Å². The molecule has 0 aliphatic carbocycles. The molecule has 0 radical (unpaired) electrons. The molecular weight excluding hydrogens is 200 g/mol. The second-order valence-electron chi connectivity index (χ2n) is 2.21. The van der Waals surface area contributed by atoms with E-state index in [-0.39, 0.29) is 9.97 Å². The van der Waals surface area contributed by atoms with Gasteiger partial charge in [0.15, 0.2) is 0 Å². The van der Waals surface area contributed by atoms with Crippen molar-refractivity contribution < 1.29 is 16.6 Å². The molecule has 0 bridgehead atoms. The van der Waals surface area contributed by atoms with Crippen LogP contribution in [0.5, 0.6) is 0 Å². The van der Waals surface area contributed by atoms with Crippen LogP contribution >= 0.6 is 11.3 Å². The molecular formula is C6H5F2N3OS. The molecule has 4 nitrogen and oxygen atoms in total. The lowest BCUT2D eigenvalue weighted by Gasteiger charge is -1.87. The molecule has 2 heterocycles. The fourth-order valence-electron chi connectivity index (χ4n) is 0.867. The number of rotatable bonds is 2. The van der Waals surface area contributed by atoms with Crippen LogP contribution in [0.2, 0.25) is 0 Å². The van der Waals surface area contributed by atoms with Gasteiger partial charge in [-0.05, 0) is 0 Å². The normalized spacial score (nSPS) is 15.1. The van der Waals surface area contributed by atoms with Gasteiger partial charge in [-0.15, -0.1) is 0 Å². The molecule has 0 atom stereocenters. The summed E-state index contributed by atoms with van der Waals surface area (Å²) in [4.78, 5) is 3.66. The first kappa shape index (κ1) is 6.39. The Morgan fingerprint density at radius 1 is 1.77 bits per heavy atom. The summed E-state index contributed by atoms with van der Waals surface area (Å²) >= 11 is 0.725. The van der Waals surface area contributed by atoms with Crippen LogP contribution in [-0.2, 0) is 6.56 Å². The fraction of sp³-hybridized carbons (Fsp3) is 0.333. The molecule has 0 aromatic carbocycles. The van der Waals surface area contributed by atoms with Gasteiger partial charge in [0.05, 0.1) is 15.5 Å². The number of hydrogen-bond acceptors (Lipinski definition) is 4. The predicted octanol–water partition coefficient (Wildman–Crippen LogP) is 1.22. The summed E-state index contributed by atoms with van der Waals surface area (Å²) in [7, 11) is 0. The van der Waals surface area contributed by atoms with Crippen LogP contribution in [0.25, 0.3) is 4.96 Å². The second kappa shape index (κ2) is 3.00. The van der Waals surface area contributed by atoms with Crippen molar-refractivity contribution in [3.8, 4) is 0 Å². The van der Waals surface area contributed by atoms with Gasteiger partial charge in [-0.1, -0.05) is 11.3 Å². The lowest BCUT2D eigenvalue weighted by atomic mass is 10.5. The SMILES string of the molecule is [2H]C([2H])(O)c1nn2cc(C(F)F)nc2s1. The zero-order valence-corrected chi connectivity index (χ0v) is 6.92. The highest BCUT2D eigenvalue weighted by Crippen LogP contribution is 2.21. The Kier molecular flexibility index (Phi) is 1.47. The molecule has 0 saturated heterocycles. The van der Waals surface area contributed by atoms with Gasteiger partial charge in [-0.2, -0.15) is 5.10 Å². The standard InChI is InChI=1S/C6H5F2N3OS/c7-5(8)3-1-11-6(9-3)13-4(2-12)10-11/h1,5,12H,2H2/i2D2. The minimum absolute atomic E-state index is 0.123. The average Bonchev–Trinajstić information content (AvgIpc) is 2.55. The largest absolute Gasteiger partial charge is 0.389 e. The van der Waals surface area contributed by atoms with Crippen molar-refractivity contribution >= 4 is 16.3 Å². The molecule has 2 rings (SSSR count). The van der Waals surface area contributed by atoms with Crippen molar-refractivity contribution in [1.29, 1.82) is 0 Å². The van der Waals surface area contributed by atoms with Crippen molar-refractivity contribution in [2.45, 2.75) is 13.0 Å². The minimum atomic E-state index is -2.69. The number of hydrogen-bond donors (Lipinski definition) is 1. The third kappa shape index (κ3) is 1.40. The van der Waals surface area contributed by atoms with Gasteiger partial charge in [0.2, 0.25) is 4.96 Å². The molecule has 13 heavy (non-hydrogen) atoms. The zero-order chi connectivity index (χ0) is 11.2. The summed E-state index contributed by atoms with van der Waals surface area (Å²) < 4.78 is 39.3. The van der Waals surface area contributed by atoms with Gasteiger partial charge in [-0.25, -0.2) is 18.3 Å². The summed E-state index contributed by atoms with van der Waals surface area (Å²) in [6, 6.07) is 0. The highest BCUT2D eigenvalue weighted by molar-refractivity contribution is 7.16. The van der Waals surface area contributed by atoms with Gasteiger partial charge >= 0.3 is 0 Å². The number of nitrogens with zero attached hydrogens (tertiary/aromatic N) is 3. The van der Waals surface area contributed by atoms with Crippen LogP contribution in [-0.4, -0.2) is 19.7 Å². The van der Waals surface area contributed by atoms with Gasteiger partial charge in [-0.3, -0.25) is 0 Å². The van der Waals surface area contributed by atoms with Gasteiger partial charge in [0.25, 0.3) is 6.43 Å². The molecule has 0 saturated carbocycles. The molecule has 2 aromatic heterocycles. The number of alkyl halides is 2. The summed E-state index contributed by atoms with van der Waals surface area (Å²) in [5.74, 6) is 0. The van der Waals surface area contributed by atoms with Crippen molar-refractivity contribution in [3.63, 3.8) is 0 Å².